The maximum Gasteiger partial charge on any atom is 0.278 e. The van der Waals surface area contributed by atoms with E-state index in [-0.39, 0.29) is 17.5 Å². The Hall–Kier alpha value is -2.83. The van der Waals surface area contributed by atoms with Crippen molar-refractivity contribution < 1.29 is 9.59 Å². The Morgan fingerprint density at radius 3 is 2.24 bits per heavy atom. The molecule has 1 heterocycles. The van der Waals surface area contributed by atoms with Gasteiger partial charge in [0.15, 0.2) is 5.69 Å². The first kappa shape index (κ1) is 14.6. The molecule has 2 aromatic rings. The summed E-state index contributed by atoms with van der Waals surface area (Å²) in [5, 5.41) is 9.46. The average molecular weight is 287 g/mol. The summed E-state index contributed by atoms with van der Waals surface area (Å²) in [6.07, 6.45) is 1.62. The smallest absolute Gasteiger partial charge is 0.278 e. The summed E-state index contributed by atoms with van der Waals surface area (Å²) in [4.78, 5) is 23.0. The topological polar surface area (TPSA) is 102 Å². The molecular weight excluding hydrogens is 270 g/mol. The van der Waals surface area contributed by atoms with Crippen LogP contribution in [0.4, 0.5) is 17.1 Å². The Morgan fingerprint density at radius 2 is 1.76 bits per heavy atom. The zero-order chi connectivity index (χ0) is 15.4. The highest BCUT2D eigenvalue weighted by atomic mass is 16.2. The van der Waals surface area contributed by atoms with E-state index in [1.165, 1.54) is 6.92 Å². The van der Waals surface area contributed by atoms with Crippen LogP contribution in [0.3, 0.4) is 0 Å². The molecule has 0 saturated heterocycles. The van der Waals surface area contributed by atoms with Crippen molar-refractivity contribution in [3.8, 4) is 0 Å². The van der Waals surface area contributed by atoms with Gasteiger partial charge < -0.3 is 16.4 Å². The highest BCUT2D eigenvalue weighted by Crippen LogP contribution is 2.16. The fourth-order valence-electron chi connectivity index (χ4n) is 1.81. The fraction of sp³-hybridized carbons (Fsp3) is 0.214. The third-order valence-electron chi connectivity index (χ3n) is 2.79. The van der Waals surface area contributed by atoms with Crippen LogP contribution in [-0.2, 0) is 11.3 Å². The maximum absolute atomic E-state index is 12.1. The summed E-state index contributed by atoms with van der Waals surface area (Å²) in [5.74, 6) is -0.517. The molecule has 0 saturated carbocycles. The lowest BCUT2D eigenvalue weighted by molar-refractivity contribution is -0.114. The van der Waals surface area contributed by atoms with E-state index in [1.54, 1.807) is 35.1 Å². The molecule has 2 amide bonds. The summed E-state index contributed by atoms with van der Waals surface area (Å²) in [5.41, 5.74) is 7.55. The number of aryl methyl sites for hydroxylation is 1. The normalized spacial score (nSPS) is 10.2. The molecule has 2 rings (SSSR count). The Morgan fingerprint density at radius 1 is 1.19 bits per heavy atom. The molecule has 0 unspecified atom stereocenters. The number of benzene rings is 1. The van der Waals surface area contributed by atoms with Crippen LogP contribution in [0.2, 0.25) is 0 Å². The number of rotatable bonds is 4. The van der Waals surface area contributed by atoms with Crippen LogP contribution in [0, 0.1) is 0 Å². The minimum Gasteiger partial charge on any atom is -0.396 e. The largest absolute Gasteiger partial charge is 0.396 e. The van der Waals surface area contributed by atoms with E-state index in [0.29, 0.717) is 23.6 Å². The minimum absolute atomic E-state index is 0.148. The SMILES string of the molecule is CCn1cc(N)c(C(=O)Nc2ccc(NC(C)=O)cc2)n1. The van der Waals surface area contributed by atoms with Crippen molar-refractivity contribution in [3.05, 3.63) is 36.2 Å². The van der Waals surface area contributed by atoms with E-state index in [9.17, 15) is 9.59 Å². The molecule has 7 nitrogen and oxygen atoms in total. The van der Waals surface area contributed by atoms with Crippen molar-refractivity contribution in [2.45, 2.75) is 20.4 Å². The van der Waals surface area contributed by atoms with Crippen LogP contribution < -0.4 is 16.4 Å². The predicted octanol–water partition coefficient (Wildman–Crippen LogP) is 1.70. The number of anilines is 3. The highest BCUT2D eigenvalue weighted by molar-refractivity contribution is 6.06. The number of amides is 2. The Balaban J connectivity index is 2.08. The summed E-state index contributed by atoms with van der Waals surface area (Å²) in [6.45, 7) is 3.99. The molecule has 4 N–H and O–H groups in total. The second kappa shape index (κ2) is 6.08. The van der Waals surface area contributed by atoms with Crippen LogP contribution in [0.5, 0.6) is 0 Å². The van der Waals surface area contributed by atoms with Gasteiger partial charge >= 0.3 is 0 Å². The minimum atomic E-state index is -0.369. The van der Waals surface area contributed by atoms with E-state index in [1.807, 2.05) is 6.92 Å². The van der Waals surface area contributed by atoms with Gasteiger partial charge in [-0.05, 0) is 31.2 Å². The summed E-state index contributed by atoms with van der Waals surface area (Å²) < 4.78 is 1.60. The number of carbonyl (C=O) groups excluding carboxylic acids is 2. The van der Waals surface area contributed by atoms with E-state index in [4.69, 9.17) is 5.73 Å². The molecule has 1 aromatic carbocycles. The zero-order valence-electron chi connectivity index (χ0n) is 11.9. The molecule has 0 fully saturated rings. The summed E-state index contributed by atoms with van der Waals surface area (Å²) in [7, 11) is 0. The van der Waals surface area contributed by atoms with Gasteiger partial charge in [0.25, 0.3) is 5.91 Å². The molecular formula is C14H17N5O2. The quantitative estimate of drug-likeness (QED) is 0.796. The van der Waals surface area contributed by atoms with Gasteiger partial charge in [-0.3, -0.25) is 14.3 Å². The van der Waals surface area contributed by atoms with Gasteiger partial charge in [0.2, 0.25) is 5.91 Å². The van der Waals surface area contributed by atoms with Gasteiger partial charge in [0, 0.05) is 31.0 Å². The Kier molecular flexibility index (Phi) is 4.22. The van der Waals surface area contributed by atoms with Crippen LogP contribution in [0.1, 0.15) is 24.3 Å². The lowest BCUT2D eigenvalue weighted by Crippen LogP contribution is -2.15. The number of nitrogens with zero attached hydrogens (tertiary/aromatic N) is 2. The third-order valence-corrected chi connectivity index (χ3v) is 2.79. The molecule has 21 heavy (non-hydrogen) atoms. The molecule has 0 spiro atoms. The van der Waals surface area contributed by atoms with Gasteiger partial charge in [0.1, 0.15) is 0 Å². The molecule has 0 atom stereocenters. The van der Waals surface area contributed by atoms with Crippen molar-refractivity contribution in [3.63, 3.8) is 0 Å². The fourth-order valence-corrected chi connectivity index (χ4v) is 1.81. The van der Waals surface area contributed by atoms with Gasteiger partial charge in [0.05, 0.1) is 5.69 Å². The monoisotopic (exact) mass is 287 g/mol. The van der Waals surface area contributed by atoms with Crippen molar-refractivity contribution in [2.24, 2.45) is 0 Å². The van der Waals surface area contributed by atoms with Crippen molar-refractivity contribution in [1.82, 2.24) is 9.78 Å². The second-order valence-electron chi connectivity index (χ2n) is 4.50. The maximum atomic E-state index is 12.1. The Bertz CT molecular complexity index is 661. The van der Waals surface area contributed by atoms with Crippen LogP contribution in [0.25, 0.3) is 0 Å². The van der Waals surface area contributed by atoms with Gasteiger partial charge in [-0.1, -0.05) is 0 Å². The molecule has 7 heteroatoms. The first-order chi connectivity index (χ1) is 9.99. The van der Waals surface area contributed by atoms with E-state index >= 15 is 0 Å². The number of nitrogens with two attached hydrogens (primary N) is 1. The van der Waals surface area contributed by atoms with Gasteiger partial charge in [-0.15, -0.1) is 0 Å². The number of hydrogen-bond acceptors (Lipinski definition) is 4. The third kappa shape index (κ3) is 3.59. The van der Waals surface area contributed by atoms with Crippen molar-refractivity contribution in [2.75, 3.05) is 16.4 Å². The molecule has 0 aliphatic heterocycles. The molecule has 110 valence electrons. The molecule has 0 bridgehead atoms. The van der Waals surface area contributed by atoms with Gasteiger partial charge in [-0.25, -0.2) is 0 Å². The average Bonchev–Trinajstić information content (AvgIpc) is 2.82. The van der Waals surface area contributed by atoms with Gasteiger partial charge in [-0.2, -0.15) is 5.10 Å². The molecule has 0 aliphatic carbocycles. The van der Waals surface area contributed by atoms with Crippen LogP contribution in [-0.4, -0.2) is 21.6 Å². The van der Waals surface area contributed by atoms with Crippen LogP contribution in [0.15, 0.2) is 30.5 Å². The Labute approximate surface area is 122 Å². The standard InChI is InChI=1S/C14H17N5O2/c1-3-19-8-12(15)13(18-19)14(21)17-11-6-4-10(5-7-11)16-9(2)20/h4-8H,3,15H2,1-2H3,(H,16,20)(H,17,21). The lowest BCUT2D eigenvalue weighted by Gasteiger charge is -2.06. The van der Waals surface area contributed by atoms with E-state index in [2.05, 4.69) is 15.7 Å². The first-order valence-electron chi connectivity index (χ1n) is 6.51. The van der Waals surface area contributed by atoms with E-state index < -0.39 is 0 Å². The number of nitrogens with one attached hydrogen (secondary N) is 2. The summed E-state index contributed by atoms with van der Waals surface area (Å²) in [6, 6.07) is 6.78. The predicted molar refractivity (Wildman–Crippen MR) is 81.0 cm³/mol. The molecule has 0 radical (unpaired) electrons. The highest BCUT2D eigenvalue weighted by Gasteiger charge is 2.14. The zero-order valence-corrected chi connectivity index (χ0v) is 11.9. The number of carbonyl (C=O) groups is 2. The number of aromatic nitrogens is 2. The number of hydrogen-bond donors (Lipinski definition) is 3. The van der Waals surface area contributed by atoms with Crippen molar-refractivity contribution >= 4 is 28.9 Å². The van der Waals surface area contributed by atoms with Crippen LogP contribution >= 0.6 is 0 Å². The second-order valence-corrected chi connectivity index (χ2v) is 4.50. The molecule has 0 aliphatic rings. The summed E-state index contributed by atoms with van der Waals surface area (Å²) >= 11 is 0. The lowest BCUT2D eigenvalue weighted by atomic mass is 10.2. The van der Waals surface area contributed by atoms with Crippen molar-refractivity contribution in [1.29, 1.82) is 0 Å². The first-order valence-corrected chi connectivity index (χ1v) is 6.51. The van der Waals surface area contributed by atoms with E-state index in [0.717, 1.165) is 0 Å². The molecule has 1 aromatic heterocycles. The number of nitrogen functional groups attached to an aromatic ring is 1.